The molecule has 0 unspecified atom stereocenters. The second kappa shape index (κ2) is 33.0. The number of hydrogen-bond acceptors (Lipinski definition) is 6. The fraction of sp³-hybridized carbons (Fsp3) is 0.250. The van der Waals surface area contributed by atoms with Crippen LogP contribution in [-0.2, 0) is 12.4 Å². The van der Waals surface area contributed by atoms with Crippen LogP contribution in [0.15, 0.2) is 170 Å². The van der Waals surface area contributed by atoms with E-state index in [1.54, 1.807) is 0 Å². The fourth-order valence-electron chi connectivity index (χ4n) is 4.96. The quantitative estimate of drug-likeness (QED) is 0.105. The minimum absolute atomic E-state index is 0.141. The summed E-state index contributed by atoms with van der Waals surface area (Å²) in [4.78, 5) is 6.85. The van der Waals surface area contributed by atoms with Crippen LogP contribution >= 0.6 is 0 Å². The summed E-state index contributed by atoms with van der Waals surface area (Å²) in [6.45, 7) is 0. The zero-order chi connectivity index (χ0) is 51.2. The normalized spacial score (nSPS) is 10.5. The summed E-state index contributed by atoms with van der Waals surface area (Å²) < 4.78 is 77.5. The maximum Gasteiger partial charge on any atom is 0.416 e. The van der Waals surface area contributed by atoms with Crippen molar-refractivity contribution in [2.75, 3.05) is 70.5 Å². The molecule has 0 amide bonds. The average Bonchev–Trinajstić information content (AvgIpc) is 3.28. The molecule has 11 nitrogen and oxygen atoms in total. The van der Waals surface area contributed by atoms with Gasteiger partial charge in [-0.3, -0.25) is 7.32 Å². The van der Waals surface area contributed by atoms with Gasteiger partial charge in [0.2, 0.25) is 0 Å². The SMILES string of the molecule is C[NH+](C)c1ccccc1.C[NH+](C)c1ccccc1.C[NH+](C)c1ccccc1.C[NH+](C)c1ccccc1.C[NH+](C)c1ccccc1.[O-]B([O-])Oc1cc(C(F)(F)F)cc(C(F)(F)F)c1.[O-]B([O-])[O-]. The molecule has 0 aliphatic carbocycles. The zero-order valence-corrected chi connectivity index (χ0v) is 39.5. The first kappa shape index (κ1) is 61.4. The van der Waals surface area contributed by atoms with Gasteiger partial charge >= 0.3 is 12.4 Å². The van der Waals surface area contributed by atoms with Crippen LogP contribution in [0.5, 0.6) is 5.75 Å². The van der Waals surface area contributed by atoms with Gasteiger partial charge in [-0.25, -0.2) is 0 Å². The van der Waals surface area contributed by atoms with Crippen molar-refractivity contribution >= 4 is 43.1 Å². The molecule has 67 heavy (non-hydrogen) atoms. The third-order valence-corrected chi connectivity index (χ3v) is 8.55. The summed E-state index contributed by atoms with van der Waals surface area (Å²) in [5, 5.41) is 45.4. The average molecular weight is 942 g/mol. The third kappa shape index (κ3) is 30.4. The van der Waals surface area contributed by atoms with E-state index >= 15 is 0 Å². The lowest BCUT2D eigenvalue weighted by atomic mass is 10.1. The number of hydrogen-bond donors (Lipinski definition) is 5. The summed E-state index contributed by atoms with van der Waals surface area (Å²) in [6.07, 6.45) is -10.1. The number of halogens is 6. The van der Waals surface area contributed by atoms with E-state index in [-0.39, 0.29) is 18.2 Å². The largest absolute Gasteiger partial charge is 0.907 e. The number of rotatable bonds is 7. The summed E-state index contributed by atoms with van der Waals surface area (Å²) in [5.41, 5.74) is 3.34. The minimum Gasteiger partial charge on any atom is -0.907 e. The van der Waals surface area contributed by atoms with Crippen molar-refractivity contribution in [3.05, 3.63) is 181 Å². The van der Waals surface area contributed by atoms with Crippen LogP contribution in [0.25, 0.3) is 0 Å². The van der Waals surface area contributed by atoms with Crippen LogP contribution in [0, 0.1) is 0 Å². The maximum atomic E-state index is 12.3. The molecule has 0 heterocycles. The van der Waals surface area contributed by atoms with Gasteiger partial charge in [0.15, 0.2) is 0 Å². The molecule has 6 rings (SSSR count). The standard InChI is InChI=1S/C8H3BF6O3.5C8H11N.BO3/c10-7(11,12)4-1-5(8(13,14)15)3-6(2-4)18-9(16)17;5*1-9(2)8-6-4-3-5-7-8;2-1(3)4/h1-3H;5*3-7H,1-2H3;/q-2;;;;;;-3/p+5. The molecule has 19 heteroatoms. The Bertz CT molecular complexity index is 1820. The van der Waals surface area contributed by atoms with E-state index in [4.69, 9.17) is 15.1 Å². The van der Waals surface area contributed by atoms with Crippen LogP contribution in [0.1, 0.15) is 11.1 Å². The summed E-state index contributed by atoms with van der Waals surface area (Å²) in [7, 11) is 15.3. The summed E-state index contributed by atoms with van der Waals surface area (Å²) in [6, 6.07) is 52.1. The lowest BCUT2D eigenvalue weighted by molar-refractivity contribution is -0.786. The molecule has 0 radical (unpaired) electrons. The zero-order valence-electron chi connectivity index (χ0n) is 39.5. The number of alkyl halides is 6. The molecular formula is C48H63B2F6N5O6. The first-order valence-electron chi connectivity index (χ1n) is 20.8. The van der Waals surface area contributed by atoms with E-state index in [0.717, 1.165) is 0 Å². The van der Waals surface area contributed by atoms with E-state index in [1.807, 2.05) is 30.3 Å². The van der Waals surface area contributed by atoms with E-state index in [1.165, 1.54) is 52.9 Å². The van der Waals surface area contributed by atoms with Gasteiger partial charge in [-0.05, 0) is 78.9 Å². The Morgan fingerprint density at radius 2 is 0.522 bits per heavy atom. The molecule has 0 fully saturated rings. The Morgan fingerprint density at radius 1 is 0.343 bits per heavy atom. The Labute approximate surface area is 392 Å². The Kier molecular flexibility index (Phi) is 30.3. The molecule has 0 spiro atoms. The van der Waals surface area contributed by atoms with Crippen molar-refractivity contribution in [2.24, 2.45) is 0 Å². The number of benzene rings is 6. The second-order valence-corrected chi connectivity index (χ2v) is 15.3. The van der Waals surface area contributed by atoms with E-state index < -0.39 is 43.9 Å². The predicted octanol–water partition coefficient (Wildman–Crippen LogP) is -0.826. The van der Waals surface area contributed by atoms with Crippen molar-refractivity contribution in [3.63, 3.8) is 0 Å². The molecule has 0 saturated heterocycles. The molecule has 0 saturated carbocycles. The second-order valence-electron chi connectivity index (χ2n) is 15.3. The number of para-hydroxylation sites is 5. The minimum atomic E-state index is -5.05. The van der Waals surface area contributed by atoms with E-state index in [2.05, 4.69) is 196 Å². The third-order valence-electron chi connectivity index (χ3n) is 8.55. The van der Waals surface area contributed by atoms with Gasteiger partial charge in [0, 0.05) is 0 Å². The smallest absolute Gasteiger partial charge is 0.416 e. The van der Waals surface area contributed by atoms with Gasteiger partial charge in [0.1, 0.15) is 35.8 Å². The van der Waals surface area contributed by atoms with Crippen LogP contribution < -0.4 is 54.3 Å². The molecule has 0 aliphatic heterocycles. The van der Waals surface area contributed by atoms with Crippen molar-refractivity contribution in [1.29, 1.82) is 0 Å². The molecule has 0 aliphatic rings. The fourth-order valence-corrected chi connectivity index (χ4v) is 4.96. The van der Waals surface area contributed by atoms with Crippen molar-refractivity contribution in [3.8, 4) is 5.75 Å². The van der Waals surface area contributed by atoms with E-state index in [9.17, 15) is 36.4 Å². The van der Waals surface area contributed by atoms with Crippen LogP contribution in [0.4, 0.5) is 54.8 Å². The van der Waals surface area contributed by atoms with Gasteiger partial charge in [0.25, 0.3) is 0 Å². The summed E-state index contributed by atoms with van der Waals surface area (Å²) in [5.74, 6) is -1.08. The Balaban J connectivity index is 0.000000786. The Morgan fingerprint density at radius 3 is 0.642 bits per heavy atom. The van der Waals surface area contributed by atoms with Crippen LogP contribution in [-0.4, -0.2) is 85.1 Å². The molecule has 364 valence electrons. The molecular weight excluding hydrogens is 878 g/mol. The van der Waals surface area contributed by atoms with Gasteiger partial charge in [-0.1, -0.05) is 91.0 Å². The highest BCUT2D eigenvalue weighted by atomic mass is 19.4. The molecule has 0 bridgehead atoms. The lowest BCUT2D eigenvalue weighted by Crippen LogP contribution is -3.00. The number of quaternary nitrogens is 5. The highest BCUT2D eigenvalue weighted by Gasteiger charge is 2.37. The lowest BCUT2D eigenvalue weighted by Gasteiger charge is -2.35. The summed E-state index contributed by atoms with van der Waals surface area (Å²) >= 11 is 0. The van der Waals surface area contributed by atoms with Crippen molar-refractivity contribution in [2.45, 2.75) is 12.4 Å². The van der Waals surface area contributed by atoms with Gasteiger partial charge in [0.05, 0.1) is 87.4 Å². The highest BCUT2D eigenvalue weighted by molar-refractivity contribution is 6.29. The van der Waals surface area contributed by atoms with Crippen LogP contribution in [0.3, 0.4) is 0 Å². The molecule has 6 aromatic carbocycles. The highest BCUT2D eigenvalue weighted by Crippen LogP contribution is 2.38. The topological polar surface area (TPSA) is 147 Å². The van der Waals surface area contributed by atoms with Crippen molar-refractivity contribution in [1.82, 2.24) is 0 Å². The molecule has 0 atom stereocenters. The predicted molar refractivity (Wildman–Crippen MR) is 243 cm³/mol. The first-order valence-corrected chi connectivity index (χ1v) is 20.8. The Hall–Kier alpha value is -5.57. The monoisotopic (exact) mass is 941 g/mol. The molecule has 0 aromatic heterocycles. The van der Waals surface area contributed by atoms with Gasteiger partial charge in [-0.2, -0.15) is 26.3 Å². The van der Waals surface area contributed by atoms with E-state index in [0.29, 0.717) is 0 Å². The van der Waals surface area contributed by atoms with Gasteiger partial charge in [-0.15, -0.1) is 0 Å². The van der Waals surface area contributed by atoms with Gasteiger partial charge < -0.3 is 54.3 Å². The van der Waals surface area contributed by atoms with Crippen molar-refractivity contribution < 1.29 is 80.6 Å². The molecule has 5 N–H and O–H groups in total. The number of nitrogens with one attached hydrogen (secondary N) is 5. The molecule has 6 aromatic rings. The maximum absolute atomic E-state index is 12.3. The first-order chi connectivity index (χ1) is 31.3. The van der Waals surface area contributed by atoms with Crippen LogP contribution in [0.2, 0.25) is 0 Å².